The summed E-state index contributed by atoms with van der Waals surface area (Å²) in [6, 6.07) is 4.94. The molecule has 1 aliphatic rings. The predicted molar refractivity (Wildman–Crippen MR) is 73.9 cm³/mol. The van der Waals surface area contributed by atoms with Crippen LogP contribution in [0.2, 0.25) is 0 Å². The second kappa shape index (κ2) is 6.13. The smallest absolute Gasteiger partial charge is 0.128 e. The molecule has 100 valence electrons. The van der Waals surface area contributed by atoms with Gasteiger partial charge in [-0.05, 0) is 38.0 Å². The van der Waals surface area contributed by atoms with Gasteiger partial charge in [0.15, 0.2) is 0 Å². The van der Waals surface area contributed by atoms with Gasteiger partial charge in [-0.2, -0.15) is 0 Å². The number of hydrogen-bond donors (Lipinski definition) is 2. The number of halogens is 2. The Hall–Kier alpha value is -0.450. The zero-order chi connectivity index (χ0) is 13.1. The summed E-state index contributed by atoms with van der Waals surface area (Å²) in [5.74, 6) is -0.205. The summed E-state index contributed by atoms with van der Waals surface area (Å²) in [6.07, 6.45) is 3.70. The third kappa shape index (κ3) is 3.31. The molecule has 1 aliphatic carbocycles. The van der Waals surface area contributed by atoms with Gasteiger partial charge in [-0.15, -0.1) is 0 Å². The highest BCUT2D eigenvalue weighted by molar-refractivity contribution is 9.10. The van der Waals surface area contributed by atoms with E-state index in [1.54, 1.807) is 12.1 Å². The maximum atomic E-state index is 13.7. The molecule has 0 radical (unpaired) electrons. The Morgan fingerprint density at radius 1 is 1.39 bits per heavy atom. The van der Waals surface area contributed by atoms with Gasteiger partial charge in [0.2, 0.25) is 0 Å². The molecule has 1 saturated carbocycles. The van der Waals surface area contributed by atoms with Gasteiger partial charge in [0, 0.05) is 22.1 Å². The Kier molecular flexibility index (Phi) is 4.76. The van der Waals surface area contributed by atoms with Crippen LogP contribution in [0.1, 0.15) is 44.2 Å². The number of aliphatic hydroxyl groups excluding tert-OH is 1. The summed E-state index contributed by atoms with van der Waals surface area (Å²) in [7, 11) is 0. The molecule has 0 aromatic heterocycles. The van der Waals surface area contributed by atoms with E-state index in [-0.39, 0.29) is 24.0 Å². The molecule has 0 unspecified atom stereocenters. The minimum atomic E-state index is -0.309. The topological polar surface area (TPSA) is 32.3 Å². The van der Waals surface area contributed by atoms with Gasteiger partial charge < -0.3 is 10.4 Å². The van der Waals surface area contributed by atoms with Crippen molar-refractivity contribution in [3.63, 3.8) is 0 Å². The second-order valence-electron chi connectivity index (χ2n) is 5.01. The molecule has 0 aliphatic heterocycles. The summed E-state index contributed by atoms with van der Waals surface area (Å²) < 4.78 is 14.6. The maximum absolute atomic E-state index is 13.7. The van der Waals surface area contributed by atoms with Crippen molar-refractivity contribution in [1.82, 2.24) is 5.32 Å². The van der Waals surface area contributed by atoms with Crippen LogP contribution in [0.4, 0.5) is 4.39 Å². The monoisotopic (exact) mass is 315 g/mol. The lowest BCUT2D eigenvalue weighted by Crippen LogP contribution is -2.43. The van der Waals surface area contributed by atoms with E-state index in [9.17, 15) is 9.50 Å². The molecule has 0 spiro atoms. The summed E-state index contributed by atoms with van der Waals surface area (Å²) in [5, 5.41) is 13.3. The fourth-order valence-corrected chi connectivity index (χ4v) is 2.94. The molecule has 0 bridgehead atoms. The van der Waals surface area contributed by atoms with Crippen LogP contribution in [0.15, 0.2) is 22.7 Å². The Morgan fingerprint density at radius 2 is 2.11 bits per heavy atom. The van der Waals surface area contributed by atoms with Crippen LogP contribution in [0.5, 0.6) is 0 Å². The first-order chi connectivity index (χ1) is 8.58. The van der Waals surface area contributed by atoms with E-state index in [0.29, 0.717) is 5.56 Å². The Balaban J connectivity index is 2.06. The van der Waals surface area contributed by atoms with Crippen LogP contribution in [-0.4, -0.2) is 17.3 Å². The lowest BCUT2D eigenvalue weighted by molar-refractivity contribution is 0.0857. The molecule has 0 saturated heterocycles. The van der Waals surface area contributed by atoms with E-state index in [1.165, 1.54) is 6.07 Å². The first-order valence-corrected chi connectivity index (χ1v) is 7.26. The molecule has 18 heavy (non-hydrogen) atoms. The highest BCUT2D eigenvalue weighted by atomic mass is 79.9. The minimum Gasteiger partial charge on any atom is -0.392 e. The largest absolute Gasteiger partial charge is 0.392 e. The van der Waals surface area contributed by atoms with E-state index in [2.05, 4.69) is 21.2 Å². The van der Waals surface area contributed by atoms with Crippen molar-refractivity contribution in [2.75, 3.05) is 0 Å². The Morgan fingerprint density at radius 3 is 2.83 bits per heavy atom. The van der Waals surface area contributed by atoms with Crippen molar-refractivity contribution in [3.05, 3.63) is 34.1 Å². The molecule has 2 rings (SSSR count). The van der Waals surface area contributed by atoms with E-state index in [1.807, 2.05) is 6.92 Å². The number of aliphatic hydroxyl groups is 1. The van der Waals surface area contributed by atoms with Crippen molar-refractivity contribution < 1.29 is 9.50 Å². The fraction of sp³-hybridized carbons (Fsp3) is 0.571. The molecule has 2 N–H and O–H groups in total. The van der Waals surface area contributed by atoms with Gasteiger partial charge >= 0.3 is 0 Å². The summed E-state index contributed by atoms with van der Waals surface area (Å²) in [4.78, 5) is 0. The van der Waals surface area contributed by atoms with Crippen LogP contribution >= 0.6 is 15.9 Å². The lowest BCUT2D eigenvalue weighted by atomic mass is 9.91. The molecular formula is C14H19BrFNO. The van der Waals surface area contributed by atoms with Gasteiger partial charge in [0.05, 0.1) is 6.10 Å². The third-order valence-corrected chi connectivity index (χ3v) is 4.11. The van der Waals surface area contributed by atoms with Crippen molar-refractivity contribution >= 4 is 15.9 Å². The number of nitrogens with one attached hydrogen (secondary N) is 1. The molecule has 4 heteroatoms. The fourth-order valence-electron chi connectivity index (χ4n) is 2.56. The molecule has 1 fully saturated rings. The van der Waals surface area contributed by atoms with E-state index in [0.717, 1.165) is 30.2 Å². The van der Waals surface area contributed by atoms with Crippen molar-refractivity contribution in [1.29, 1.82) is 0 Å². The number of hydrogen-bond acceptors (Lipinski definition) is 2. The normalized spacial score (nSPS) is 26.0. The summed E-state index contributed by atoms with van der Waals surface area (Å²) >= 11 is 3.36. The van der Waals surface area contributed by atoms with E-state index in [4.69, 9.17) is 0 Å². The Bertz CT molecular complexity index is 413. The molecule has 1 aromatic carbocycles. The molecule has 0 heterocycles. The highest BCUT2D eigenvalue weighted by Gasteiger charge is 2.25. The van der Waals surface area contributed by atoms with Crippen LogP contribution in [0.3, 0.4) is 0 Å². The van der Waals surface area contributed by atoms with Gasteiger partial charge in [-0.3, -0.25) is 0 Å². The average Bonchev–Trinajstić information content (AvgIpc) is 2.35. The number of rotatable bonds is 3. The van der Waals surface area contributed by atoms with Gasteiger partial charge in [0.25, 0.3) is 0 Å². The van der Waals surface area contributed by atoms with Crippen LogP contribution in [0, 0.1) is 5.82 Å². The zero-order valence-electron chi connectivity index (χ0n) is 10.5. The quantitative estimate of drug-likeness (QED) is 0.894. The summed E-state index contributed by atoms with van der Waals surface area (Å²) in [5.41, 5.74) is 0.641. The molecule has 2 nitrogen and oxygen atoms in total. The Labute approximate surface area is 116 Å². The molecule has 3 atom stereocenters. The zero-order valence-corrected chi connectivity index (χ0v) is 12.1. The van der Waals surface area contributed by atoms with Gasteiger partial charge in [-0.25, -0.2) is 4.39 Å². The molecule has 1 aromatic rings. The average molecular weight is 316 g/mol. The van der Waals surface area contributed by atoms with Crippen LogP contribution in [0.25, 0.3) is 0 Å². The van der Waals surface area contributed by atoms with E-state index < -0.39 is 0 Å². The standard InChI is InChI=1S/C14H19BrFNO/c1-9(11-8-10(15)6-7-12(11)16)17-13-4-2-3-5-14(13)18/h6-9,13-14,17-18H,2-5H2,1H3/t9-,13+,14+/m0/s1. The van der Waals surface area contributed by atoms with Gasteiger partial charge in [0.1, 0.15) is 5.82 Å². The first kappa shape index (κ1) is 14.0. The van der Waals surface area contributed by atoms with Crippen molar-refractivity contribution in [2.24, 2.45) is 0 Å². The minimum absolute atomic E-state index is 0.0760. The highest BCUT2D eigenvalue weighted by Crippen LogP contribution is 2.25. The first-order valence-electron chi connectivity index (χ1n) is 6.47. The SMILES string of the molecule is C[C@H](N[C@@H]1CCCC[C@H]1O)c1cc(Br)ccc1F. The second-order valence-corrected chi connectivity index (χ2v) is 5.93. The van der Waals surface area contributed by atoms with Crippen molar-refractivity contribution in [3.8, 4) is 0 Å². The molecule has 0 amide bonds. The van der Waals surface area contributed by atoms with Gasteiger partial charge in [-0.1, -0.05) is 28.8 Å². The van der Waals surface area contributed by atoms with E-state index >= 15 is 0 Å². The van der Waals surface area contributed by atoms with Crippen LogP contribution < -0.4 is 5.32 Å². The van der Waals surface area contributed by atoms with Crippen molar-refractivity contribution in [2.45, 2.75) is 50.8 Å². The molecular weight excluding hydrogens is 297 g/mol. The van der Waals surface area contributed by atoms with Crippen LogP contribution in [-0.2, 0) is 0 Å². The summed E-state index contributed by atoms with van der Waals surface area (Å²) in [6.45, 7) is 1.94. The number of benzene rings is 1. The maximum Gasteiger partial charge on any atom is 0.128 e. The lowest BCUT2D eigenvalue weighted by Gasteiger charge is -2.31. The third-order valence-electron chi connectivity index (χ3n) is 3.62. The predicted octanol–water partition coefficient (Wildman–Crippen LogP) is 3.54.